The summed E-state index contributed by atoms with van der Waals surface area (Å²) >= 11 is 0. The standard InChI is InChI=1S/C40H75N5O10/c1-36(2,3)51-31(46)26-41-16-18-42(27-32(47)52-37(4,5)6)20-22-44(29-34(49)54-39(10,11)12)24-25-45(30-35(50)55-40(13,14)15)23-21-43(19-17-41)28-33(48)53-38(7,8)9/h16-30H2,1-15H3. The Hall–Kier alpha value is -2.85. The number of ether oxygens (including phenoxy) is 5. The number of rotatable bonds is 10. The molecule has 1 aliphatic heterocycles. The number of hydrogen-bond donors (Lipinski definition) is 0. The minimum atomic E-state index is -0.682. The highest BCUT2D eigenvalue weighted by Crippen LogP contribution is 2.13. The van der Waals surface area contributed by atoms with Crippen molar-refractivity contribution in [3.8, 4) is 0 Å². The van der Waals surface area contributed by atoms with Gasteiger partial charge in [-0.15, -0.1) is 0 Å². The van der Waals surface area contributed by atoms with E-state index < -0.39 is 57.9 Å². The van der Waals surface area contributed by atoms with Crippen LogP contribution in [0.4, 0.5) is 0 Å². The van der Waals surface area contributed by atoms with Crippen LogP contribution in [0.25, 0.3) is 0 Å². The quantitative estimate of drug-likeness (QED) is 0.236. The first-order valence-electron chi connectivity index (χ1n) is 19.6. The van der Waals surface area contributed by atoms with Gasteiger partial charge in [0.05, 0.1) is 32.7 Å². The third-order valence-electron chi connectivity index (χ3n) is 7.53. The molecule has 0 N–H and O–H groups in total. The van der Waals surface area contributed by atoms with E-state index in [2.05, 4.69) is 0 Å². The molecule has 0 aliphatic carbocycles. The molecule has 15 nitrogen and oxygen atoms in total. The molecule has 1 saturated heterocycles. The molecule has 0 spiro atoms. The Balaban J connectivity index is 3.62. The van der Waals surface area contributed by atoms with Crippen LogP contribution in [-0.4, -0.2) is 181 Å². The molecule has 0 aromatic carbocycles. The topological polar surface area (TPSA) is 148 Å². The number of esters is 5. The molecule has 320 valence electrons. The fourth-order valence-corrected chi connectivity index (χ4v) is 5.55. The average molecular weight is 786 g/mol. The lowest BCUT2D eigenvalue weighted by atomic mass is 10.2. The Kier molecular flexibility index (Phi) is 19.7. The lowest BCUT2D eigenvalue weighted by Crippen LogP contribution is -2.47. The molecule has 0 radical (unpaired) electrons. The fraction of sp³-hybridized carbons (Fsp3) is 0.875. The molecule has 0 aromatic rings. The van der Waals surface area contributed by atoms with Gasteiger partial charge in [-0.05, 0) is 104 Å². The largest absolute Gasteiger partial charge is 0.459 e. The first-order chi connectivity index (χ1) is 24.9. The molecule has 1 aliphatic rings. The van der Waals surface area contributed by atoms with Crippen LogP contribution >= 0.6 is 0 Å². The van der Waals surface area contributed by atoms with Crippen LogP contribution in [-0.2, 0) is 47.7 Å². The summed E-state index contributed by atoms with van der Waals surface area (Å²) in [6.07, 6.45) is 0. The van der Waals surface area contributed by atoms with Crippen molar-refractivity contribution in [1.82, 2.24) is 24.5 Å². The molecule has 0 amide bonds. The van der Waals surface area contributed by atoms with E-state index in [0.717, 1.165) is 0 Å². The molecule has 1 heterocycles. The zero-order valence-electron chi connectivity index (χ0n) is 36.9. The lowest BCUT2D eigenvalue weighted by Gasteiger charge is -2.31. The molecule has 0 aromatic heterocycles. The van der Waals surface area contributed by atoms with E-state index in [1.165, 1.54) is 0 Å². The van der Waals surface area contributed by atoms with Gasteiger partial charge in [0.25, 0.3) is 0 Å². The molecule has 0 bridgehead atoms. The monoisotopic (exact) mass is 786 g/mol. The Morgan fingerprint density at radius 2 is 0.400 bits per heavy atom. The van der Waals surface area contributed by atoms with Crippen molar-refractivity contribution in [2.45, 2.75) is 132 Å². The molecular weight excluding hydrogens is 710 g/mol. The van der Waals surface area contributed by atoms with Crippen molar-refractivity contribution < 1.29 is 47.7 Å². The smallest absolute Gasteiger partial charge is 0.320 e. The highest BCUT2D eigenvalue weighted by molar-refractivity contribution is 5.74. The zero-order valence-corrected chi connectivity index (χ0v) is 36.9. The fourth-order valence-electron chi connectivity index (χ4n) is 5.55. The van der Waals surface area contributed by atoms with E-state index in [-0.39, 0.29) is 32.7 Å². The summed E-state index contributed by atoms with van der Waals surface area (Å²) in [4.78, 5) is 75.4. The van der Waals surface area contributed by atoms with Crippen LogP contribution in [0.3, 0.4) is 0 Å². The van der Waals surface area contributed by atoms with E-state index in [1.807, 2.05) is 128 Å². The third kappa shape index (κ3) is 27.4. The molecule has 15 heteroatoms. The molecule has 0 unspecified atom stereocenters. The van der Waals surface area contributed by atoms with Crippen molar-refractivity contribution in [3.63, 3.8) is 0 Å². The second kappa shape index (κ2) is 21.6. The zero-order chi connectivity index (χ0) is 42.4. The van der Waals surface area contributed by atoms with Gasteiger partial charge < -0.3 is 23.7 Å². The Labute approximate surface area is 331 Å². The summed E-state index contributed by atoms with van der Waals surface area (Å²) in [5.74, 6) is -1.97. The summed E-state index contributed by atoms with van der Waals surface area (Å²) in [5, 5.41) is 0. The number of hydrogen-bond acceptors (Lipinski definition) is 15. The highest BCUT2D eigenvalue weighted by atomic mass is 16.6. The van der Waals surface area contributed by atoms with Gasteiger partial charge in [-0.1, -0.05) is 0 Å². The van der Waals surface area contributed by atoms with Gasteiger partial charge in [0.15, 0.2) is 0 Å². The summed E-state index contributed by atoms with van der Waals surface area (Å²) in [6.45, 7) is 31.2. The van der Waals surface area contributed by atoms with Crippen LogP contribution in [0.15, 0.2) is 0 Å². The van der Waals surface area contributed by atoms with Crippen LogP contribution in [0.2, 0.25) is 0 Å². The van der Waals surface area contributed by atoms with Gasteiger partial charge in [-0.2, -0.15) is 0 Å². The van der Waals surface area contributed by atoms with E-state index in [4.69, 9.17) is 23.7 Å². The second-order valence-electron chi connectivity index (χ2n) is 19.3. The maximum Gasteiger partial charge on any atom is 0.320 e. The first kappa shape index (κ1) is 50.2. The normalized spacial score (nSPS) is 18.1. The predicted molar refractivity (Wildman–Crippen MR) is 211 cm³/mol. The minimum absolute atomic E-state index is 0.00658. The Morgan fingerprint density at radius 1 is 0.291 bits per heavy atom. The summed E-state index contributed by atoms with van der Waals surface area (Å²) in [6, 6.07) is 0. The van der Waals surface area contributed by atoms with Gasteiger partial charge >= 0.3 is 29.8 Å². The van der Waals surface area contributed by atoms with Crippen LogP contribution in [0.1, 0.15) is 104 Å². The lowest BCUT2D eigenvalue weighted by molar-refractivity contribution is -0.158. The average Bonchev–Trinajstić information content (AvgIpc) is 2.92. The molecule has 55 heavy (non-hydrogen) atoms. The van der Waals surface area contributed by atoms with Crippen molar-refractivity contribution in [2.24, 2.45) is 0 Å². The number of nitrogens with zero attached hydrogens (tertiary/aromatic N) is 5. The van der Waals surface area contributed by atoms with Gasteiger partial charge in [0.1, 0.15) is 28.0 Å². The highest BCUT2D eigenvalue weighted by Gasteiger charge is 2.27. The van der Waals surface area contributed by atoms with Crippen molar-refractivity contribution in [1.29, 1.82) is 0 Å². The van der Waals surface area contributed by atoms with Gasteiger partial charge in [-0.25, -0.2) is 0 Å². The minimum Gasteiger partial charge on any atom is -0.459 e. The van der Waals surface area contributed by atoms with Crippen LogP contribution < -0.4 is 0 Å². The first-order valence-corrected chi connectivity index (χ1v) is 19.6. The van der Waals surface area contributed by atoms with Gasteiger partial charge in [0, 0.05) is 65.4 Å². The van der Waals surface area contributed by atoms with Crippen molar-refractivity contribution >= 4 is 29.8 Å². The molecular formula is C40H75N5O10. The SMILES string of the molecule is CC(C)(C)OC(=O)CN1CCN(CC(=O)OC(C)(C)C)CCN(CC(=O)OC(C)(C)C)CCN(CC(=O)OC(C)(C)C)CCN(CC(=O)OC(C)(C)C)CC1. The molecule has 1 rings (SSSR count). The van der Waals surface area contributed by atoms with Crippen molar-refractivity contribution in [2.75, 3.05) is 98.2 Å². The van der Waals surface area contributed by atoms with E-state index in [9.17, 15) is 24.0 Å². The van der Waals surface area contributed by atoms with Gasteiger partial charge in [0.2, 0.25) is 0 Å². The van der Waals surface area contributed by atoms with Crippen LogP contribution in [0.5, 0.6) is 0 Å². The molecule has 0 saturated carbocycles. The van der Waals surface area contributed by atoms with Gasteiger partial charge in [-0.3, -0.25) is 48.5 Å². The summed E-state index contributed by atoms with van der Waals surface area (Å²) in [5.41, 5.74) is -3.41. The van der Waals surface area contributed by atoms with Crippen LogP contribution in [0, 0.1) is 0 Å². The second-order valence-corrected chi connectivity index (χ2v) is 19.3. The Morgan fingerprint density at radius 3 is 0.491 bits per heavy atom. The maximum atomic E-state index is 13.1. The van der Waals surface area contributed by atoms with E-state index in [1.54, 1.807) is 0 Å². The van der Waals surface area contributed by atoms with E-state index in [0.29, 0.717) is 65.4 Å². The maximum absolute atomic E-state index is 13.1. The Bertz CT molecular complexity index is 1000. The summed E-state index contributed by atoms with van der Waals surface area (Å²) in [7, 11) is 0. The third-order valence-corrected chi connectivity index (χ3v) is 7.53. The predicted octanol–water partition coefficient (Wildman–Crippen LogP) is 3.22. The molecule has 1 fully saturated rings. The summed E-state index contributed by atoms with van der Waals surface area (Å²) < 4.78 is 28.4. The molecule has 0 atom stereocenters. The number of carbonyl (C=O) groups is 5. The number of carbonyl (C=O) groups excluding carboxylic acids is 5. The van der Waals surface area contributed by atoms with Crippen molar-refractivity contribution in [3.05, 3.63) is 0 Å². The van der Waals surface area contributed by atoms with E-state index >= 15 is 0 Å².